The molecule has 0 fully saturated rings. The minimum absolute atomic E-state index is 0.365. The molecule has 1 N–H and O–H groups in total. The maximum atomic E-state index is 12.6. The van der Waals surface area contributed by atoms with Crippen molar-refractivity contribution in [3.8, 4) is 17.0 Å². The van der Waals surface area contributed by atoms with Gasteiger partial charge in [-0.2, -0.15) is 0 Å². The van der Waals surface area contributed by atoms with Crippen molar-refractivity contribution >= 4 is 16.9 Å². The van der Waals surface area contributed by atoms with Crippen LogP contribution in [0.4, 0.5) is 0 Å². The van der Waals surface area contributed by atoms with E-state index in [1.54, 1.807) is 18.2 Å². The van der Waals surface area contributed by atoms with E-state index in [2.05, 4.69) is 4.98 Å². The fraction of sp³-hybridized carbons (Fsp3) is 0. The van der Waals surface area contributed by atoms with Crippen molar-refractivity contribution in [1.29, 1.82) is 0 Å². The molecular formula is C21H15NO2. The van der Waals surface area contributed by atoms with Crippen LogP contribution in [0.5, 0.6) is 5.75 Å². The fourth-order valence-electron chi connectivity index (χ4n) is 2.77. The number of aromatic nitrogens is 1. The van der Waals surface area contributed by atoms with Crippen molar-refractivity contribution < 1.29 is 9.53 Å². The molecular weight excluding hydrogens is 298 g/mol. The molecule has 0 aliphatic heterocycles. The minimum Gasteiger partial charge on any atom is -0.423 e. The number of hydrogen-bond donors (Lipinski definition) is 1. The summed E-state index contributed by atoms with van der Waals surface area (Å²) in [5.41, 5.74) is 3.30. The molecule has 0 bridgehead atoms. The van der Waals surface area contributed by atoms with E-state index in [1.165, 1.54) is 0 Å². The molecule has 0 amide bonds. The van der Waals surface area contributed by atoms with Gasteiger partial charge in [-0.15, -0.1) is 0 Å². The van der Waals surface area contributed by atoms with E-state index in [-0.39, 0.29) is 5.97 Å². The number of carbonyl (C=O) groups excluding carboxylic acids is 1. The van der Waals surface area contributed by atoms with Gasteiger partial charge in [0, 0.05) is 22.2 Å². The summed E-state index contributed by atoms with van der Waals surface area (Å²) in [7, 11) is 0. The Hall–Kier alpha value is -3.33. The first-order valence-corrected chi connectivity index (χ1v) is 7.76. The number of benzene rings is 3. The highest BCUT2D eigenvalue weighted by atomic mass is 16.5. The molecule has 0 radical (unpaired) electrons. The molecule has 1 aromatic heterocycles. The van der Waals surface area contributed by atoms with Crippen LogP contribution < -0.4 is 4.74 Å². The van der Waals surface area contributed by atoms with E-state index < -0.39 is 0 Å². The topological polar surface area (TPSA) is 42.1 Å². The average molecular weight is 313 g/mol. The molecule has 0 saturated carbocycles. The highest BCUT2D eigenvalue weighted by Gasteiger charge is 2.15. The quantitative estimate of drug-likeness (QED) is 0.424. The maximum absolute atomic E-state index is 12.6. The molecule has 0 atom stereocenters. The summed E-state index contributed by atoms with van der Waals surface area (Å²) < 4.78 is 5.48. The molecule has 24 heavy (non-hydrogen) atoms. The van der Waals surface area contributed by atoms with Crippen LogP contribution in [0, 0.1) is 0 Å². The summed E-state index contributed by atoms with van der Waals surface area (Å²) in [6.07, 6.45) is 0. The number of rotatable bonds is 3. The van der Waals surface area contributed by atoms with Gasteiger partial charge in [-0.05, 0) is 30.3 Å². The van der Waals surface area contributed by atoms with Crippen molar-refractivity contribution in [3.05, 3.63) is 90.5 Å². The smallest absolute Gasteiger partial charge is 0.344 e. The standard InChI is InChI=1S/C21H15NO2/c23-21(24-16-9-2-1-3-10-16)18-12-6-5-11-17(18)20-14-15-8-4-7-13-19(15)22-20/h1-14,22H. The summed E-state index contributed by atoms with van der Waals surface area (Å²) in [5, 5.41) is 1.11. The zero-order valence-corrected chi connectivity index (χ0v) is 12.9. The largest absolute Gasteiger partial charge is 0.423 e. The number of esters is 1. The van der Waals surface area contributed by atoms with E-state index in [0.717, 1.165) is 22.2 Å². The molecule has 0 unspecified atom stereocenters. The maximum Gasteiger partial charge on any atom is 0.344 e. The van der Waals surface area contributed by atoms with Crippen LogP contribution in [-0.4, -0.2) is 11.0 Å². The fourth-order valence-corrected chi connectivity index (χ4v) is 2.77. The van der Waals surface area contributed by atoms with Crippen LogP contribution in [0.3, 0.4) is 0 Å². The molecule has 4 aromatic rings. The first-order chi connectivity index (χ1) is 11.8. The van der Waals surface area contributed by atoms with Crippen LogP contribution >= 0.6 is 0 Å². The van der Waals surface area contributed by atoms with Crippen molar-refractivity contribution in [2.24, 2.45) is 0 Å². The third kappa shape index (κ3) is 2.68. The van der Waals surface area contributed by atoms with Gasteiger partial charge in [-0.25, -0.2) is 4.79 Å². The first kappa shape index (κ1) is 14.3. The Morgan fingerprint density at radius 1 is 0.792 bits per heavy atom. The van der Waals surface area contributed by atoms with E-state index >= 15 is 0 Å². The Kier molecular flexibility index (Phi) is 3.60. The van der Waals surface area contributed by atoms with E-state index in [4.69, 9.17) is 4.74 Å². The lowest BCUT2D eigenvalue weighted by Gasteiger charge is -2.08. The number of nitrogens with one attached hydrogen (secondary N) is 1. The Morgan fingerprint density at radius 3 is 2.33 bits per heavy atom. The number of para-hydroxylation sites is 2. The molecule has 0 aliphatic rings. The minimum atomic E-state index is -0.365. The van der Waals surface area contributed by atoms with Gasteiger partial charge in [0.2, 0.25) is 0 Å². The van der Waals surface area contributed by atoms with E-state index in [0.29, 0.717) is 11.3 Å². The highest BCUT2D eigenvalue weighted by Crippen LogP contribution is 2.27. The zero-order valence-electron chi connectivity index (χ0n) is 12.9. The predicted octanol–water partition coefficient (Wildman–Crippen LogP) is 5.05. The third-order valence-electron chi connectivity index (χ3n) is 3.92. The van der Waals surface area contributed by atoms with Crippen LogP contribution in [0.2, 0.25) is 0 Å². The number of aromatic amines is 1. The highest BCUT2D eigenvalue weighted by molar-refractivity contribution is 5.99. The second kappa shape index (κ2) is 6.05. The zero-order chi connectivity index (χ0) is 16.4. The van der Waals surface area contributed by atoms with Crippen molar-refractivity contribution in [1.82, 2.24) is 4.98 Å². The summed E-state index contributed by atoms with van der Waals surface area (Å²) in [6.45, 7) is 0. The summed E-state index contributed by atoms with van der Waals surface area (Å²) in [6, 6.07) is 26.6. The molecule has 3 heteroatoms. The van der Waals surface area contributed by atoms with E-state index in [9.17, 15) is 4.79 Å². The summed E-state index contributed by atoms with van der Waals surface area (Å²) >= 11 is 0. The number of hydrogen-bond acceptors (Lipinski definition) is 2. The predicted molar refractivity (Wildman–Crippen MR) is 95.1 cm³/mol. The van der Waals surface area contributed by atoms with E-state index in [1.807, 2.05) is 66.7 Å². The van der Waals surface area contributed by atoms with Crippen molar-refractivity contribution in [3.63, 3.8) is 0 Å². The van der Waals surface area contributed by atoms with Crippen molar-refractivity contribution in [2.45, 2.75) is 0 Å². The van der Waals surface area contributed by atoms with Gasteiger partial charge in [0.05, 0.1) is 5.56 Å². The second-order valence-corrected chi connectivity index (χ2v) is 5.52. The van der Waals surface area contributed by atoms with Crippen LogP contribution in [0.25, 0.3) is 22.2 Å². The van der Waals surface area contributed by atoms with Gasteiger partial charge < -0.3 is 9.72 Å². The molecule has 1 heterocycles. The normalized spacial score (nSPS) is 10.7. The van der Waals surface area contributed by atoms with Gasteiger partial charge >= 0.3 is 5.97 Å². The Morgan fingerprint density at radius 2 is 1.50 bits per heavy atom. The molecule has 116 valence electrons. The van der Waals surface area contributed by atoms with Gasteiger partial charge in [0.25, 0.3) is 0 Å². The molecule has 0 spiro atoms. The molecule has 3 nitrogen and oxygen atoms in total. The lowest BCUT2D eigenvalue weighted by atomic mass is 10.0. The van der Waals surface area contributed by atoms with Gasteiger partial charge in [-0.1, -0.05) is 54.6 Å². The first-order valence-electron chi connectivity index (χ1n) is 7.76. The monoisotopic (exact) mass is 313 g/mol. The molecule has 3 aromatic carbocycles. The Balaban J connectivity index is 1.73. The Labute approximate surface area is 139 Å². The van der Waals surface area contributed by atoms with Gasteiger partial charge in [0.1, 0.15) is 5.75 Å². The lowest BCUT2D eigenvalue weighted by molar-refractivity contribution is 0.0735. The van der Waals surface area contributed by atoms with Gasteiger partial charge in [0.15, 0.2) is 0 Å². The third-order valence-corrected chi connectivity index (χ3v) is 3.92. The summed E-state index contributed by atoms with van der Waals surface area (Å²) in [5.74, 6) is 0.171. The molecule has 0 saturated heterocycles. The van der Waals surface area contributed by atoms with Crippen LogP contribution in [-0.2, 0) is 0 Å². The SMILES string of the molecule is O=C(Oc1ccccc1)c1ccccc1-c1cc2ccccc2[nH]1. The number of H-pyrrole nitrogens is 1. The Bertz CT molecular complexity index is 969. The van der Waals surface area contributed by atoms with Gasteiger partial charge in [-0.3, -0.25) is 0 Å². The number of ether oxygens (including phenoxy) is 1. The second-order valence-electron chi connectivity index (χ2n) is 5.52. The van der Waals surface area contributed by atoms with Crippen molar-refractivity contribution in [2.75, 3.05) is 0 Å². The van der Waals surface area contributed by atoms with Crippen LogP contribution in [0.15, 0.2) is 84.9 Å². The van der Waals surface area contributed by atoms with Crippen LogP contribution in [0.1, 0.15) is 10.4 Å². The number of fused-ring (bicyclic) bond motifs is 1. The summed E-state index contributed by atoms with van der Waals surface area (Å²) in [4.78, 5) is 16.0. The molecule has 0 aliphatic carbocycles. The lowest BCUT2D eigenvalue weighted by Crippen LogP contribution is -2.09. The number of carbonyl (C=O) groups is 1. The average Bonchev–Trinajstić information content (AvgIpc) is 3.06. The molecule has 4 rings (SSSR count).